The van der Waals surface area contributed by atoms with Gasteiger partial charge in [0, 0.05) is 12.2 Å². The van der Waals surface area contributed by atoms with Crippen LogP contribution in [0.2, 0.25) is 0 Å². The predicted molar refractivity (Wildman–Crippen MR) is 99.6 cm³/mol. The molecule has 126 valence electrons. The van der Waals surface area contributed by atoms with E-state index in [-0.39, 0.29) is 6.03 Å². The van der Waals surface area contributed by atoms with E-state index < -0.39 is 0 Å². The van der Waals surface area contributed by atoms with E-state index in [1.165, 1.54) is 5.56 Å². The number of urea groups is 1. The molecule has 3 rings (SSSR count). The summed E-state index contributed by atoms with van der Waals surface area (Å²) in [7, 11) is 0. The minimum Gasteiger partial charge on any atom is -0.365 e. The van der Waals surface area contributed by atoms with Crippen LogP contribution in [-0.4, -0.2) is 16.2 Å². The van der Waals surface area contributed by atoms with Gasteiger partial charge >= 0.3 is 6.03 Å². The van der Waals surface area contributed by atoms with Crippen molar-refractivity contribution in [2.75, 3.05) is 16.0 Å². The van der Waals surface area contributed by atoms with Crippen LogP contribution < -0.4 is 16.0 Å². The van der Waals surface area contributed by atoms with Crippen molar-refractivity contribution < 1.29 is 4.79 Å². The Morgan fingerprint density at radius 3 is 2.20 bits per heavy atom. The summed E-state index contributed by atoms with van der Waals surface area (Å²) in [5.41, 5.74) is 3.11. The van der Waals surface area contributed by atoms with E-state index in [4.69, 9.17) is 0 Å². The third-order valence-electron chi connectivity index (χ3n) is 3.53. The number of hydrogen-bond donors (Lipinski definition) is 3. The fraction of sp³-hybridized carbons (Fsp3) is 0.105. The highest BCUT2D eigenvalue weighted by Crippen LogP contribution is 2.10. The molecule has 0 aliphatic carbocycles. The summed E-state index contributed by atoms with van der Waals surface area (Å²) in [5.74, 6) is 1.03. The number of hydrogen-bond acceptors (Lipinski definition) is 4. The molecule has 0 saturated carbocycles. The van der Waals surface area contributed by atoms with Crippen molar-refractivity contribution in [3.05, 3.63) is 77.9 Å². The first kappa shape index (κ1) is 16.4. The number of aryl methyl sites for hydroxylation is 1. The lowest BCUT2D eigenvalue weighted by Gasteiger charge is -2.08. The second kappa shape index (κ2) is 7.92. The number of nitrogens with zero attached hydrogens (tertiary/aromatic N) is 2. The molecule has 0 spiro atoms. The molecule has 2 aromatic carbocycles. The number of aromatic nitrogens is 2. The first-order chi connectivity index (χ1) is 12.2. The lowest BCUT2D eigenvalue weighted by Crippen LogP contribution is -2.20. The maximum absolute atomic E-state index is 11.9. The van der Waals surface area contributed by atoms with Gasteiger partial charge in [0.05, 0.1) is 0 Å². The van der Waals surface area contributed by atoms with Gasteiger partial charge in [0.1, 0.15) is 5.82 Å². The van der Waals surface area contributed by atoms with Gasteiger partial charge in [-0.15, -0.1) is 10.2 Å². The van der Waals surface area contributed by atoms with Crippen molar-refractivity contribution in [3.8, 4) is 0 Å². The van der Waals surface area contributed by atoms with Crippen LogP contribution in [0.4, 0.5) is 22.1 Å². The number of carbonyl (C=O) groups is 1. The predicted octanol–water partition coefficient (Wildman–Crippen LogP) is 4.04. The van der Waals surface area contributed by atoms with Crippen molar-refractivity contribution in [2.24, 2.45) is 0 Å². The molecule has 25 heavy (non-hydrogen) atoms. The van der Waals surface area contributed by atoms with Crippen LogP contribution in [-0.2, 0) is 6.54 Å². The van der Waals surface area contributed by atoms with Crippen LogP contribution in [0.5, 0.6) is 0 Å². The summed E-state index contributed by atoms with van der Waals surface area (Å²) in [6.07, 6.45) is 0. The average Bonchev–Trinajstić information content (AvgIpc) is 2.63. The van der Waals surface area contributed by atoms with Crippen LogP contribution in [0.15, 0.2) is 66.7 Å². The maximum atomic E-state index is 11.9. The molecule has 0 saturated heterocycles. The van der Waals surface area contributed by atoms with Crippen molar-refractivity contribution in [2.45, 2.75) is 13.5 Å². The number of nitrogens with one attached hydrogen (secondary N) is 3. The first-order valence-electron chi connectivity index (χ1n) is 7.95. The van der Waals surface area contributed by atoms with E-state index in [1.54, 1.807) is 12.1 Å². The van der Waals surface area contributed by atoms with Crippen LogP contribution in [0, 0.1) is 6.92 Å². The Labute approximate surface area is 146 Å². The topological polar surface area (TPSA) is 78.9 Å². The average molecular weight is 333 g/mol. The third kappa shape index (κ3) is 5.04. The molecule has 1 aromatic heterocycles. The summed E-state index contributed by atoms with van der Waals surface area (Å²) < 4.78 is 0. The molecular formula is C19H19N5O. The SMILES string of the molecule is Cc1ccc(CNc2ccc(NC(=O)Nc3ccccc3)nn2)cc1. The molecule has 3 aromatic rings. The molecule has 0 radical (unpaired) electrons. The summed E-state index contributed by atoms with van der Waals surface area (Å²) >= 11 is 0. The van der Waals surface area contributed by atoms with Crippen molar-refractivity contribution in [1.29, 1.82) is 0 Å². The minimum absolute atomic E-state index is 0.360. The molecule has 6 nitrogen and oxygen atoms in total. The van der Waals surface area contributed by atoms with Crippen LogP contribution in [0.3, 0.4) is 0 Å². The van der Waals surface area contributed by atoms with E-state index >= 15 is 0 Å². The second-order valence-corrected chi connectivity index (χ2v) is 5.59. The fourth-order valence-corrected chi connectivity index (χ4v) is 2.19. The molecular weight excluding hydrogens is 314 g/mol. The second-order valence-electron chi connectivity index (χ2n) is 5.59. The maximum Gasteiger partial charge on any atom is 0.324 e. The van der Waals surface area contributed by atoms with E-state index in [9.17, 15) is 4.79 Å². The first-order valence-corrected chi connectivity index (χ1v) is 7.95. The van der Waals surface area contributed by atoms with Gasteiger partial charge in [-0.2, -0.15) is 0 Å². The van der Waals surface area contributed by atoms with E-state index in [2.05, 4.69) is 57.3 Å². The molecule has 6 heteroatoms. The molecule has 3 N–H and O–H groups in total. The normalized spacial score (nSPS) is 10.1. The number of anilines is 3. The largest absolute Gasteiger partial charge is 0.365 e. The molecule has 0 aliphatic heterocycles. The van der Waals surface area contributed by atoms with Gasteiger partial charge in [0.15, 0.2) is 5.82 Å². The smallest absolute Gasteiger partial charge is 0.324 e. The summed E-state index contributed by atoms with van der Waals surface area (Å²) in [4.78, 5) is 11.9. The molecule has 0 fully saturated rings. The zero-order valence-corrected chi connectivity index (χ0v) is 13.9. The molecule has 0 unspecified atom stereocenters. The Kier molecular flexibility index (Phi) is 5.21. The molecule has 2 amide bonds. The van der Waals surface area contributed by atoms with E-state index in [0.717, 1.165) is 5.56 Å². The highest BCUT2D eigenvalue weighted by atomic mass is 16.2. The Hall–Kier alpha value is -3.41. The van der Waals surface area contributed by atoms with Crippen molar-refractivity contribution in [1.82, 2.24) is 10.2 Å². The molecule has 0 atom stereocenters. The molecule has 0 aliphatic rings. The summed E-state index contributed by atoms with van der Waals surface area (Å²) in [5, 5.41) is 16.6. The Bertz CT molecular complexity index is 817. The number of carbonyl (C=O) groups excluding carboxylic acids is 1. The zero-order chi connectivity index (χ0) is 17.5. The van der Waals surface area contributed by atoms with Gasteiger partial charge < -0.3 is 10.6 Å². The van der Waals surface area contributed by atoms with E-state index in [1.807, 2.05) is 30.3 Å². The standard InChI is InChI=1S/C19H19N5O/c1-14-7-9-15(10-8-14)13-20-17-11-12-18(24-23-17)22-19(25)21-16-5-3-2-4-6-16/h2-12H,13H2,1H3,(H,20,23)(H2,21,22,24,25). The number of para-hydroxylation sites is 1. The van der Waals surface area contributed by atoms with E-state index in [0.29, 0.717) is 23.9 Å². The van der Waals surface area contributed by atoms with Gasteiger partial charge in [0.25, 0.3) is 0 Å². The van der Waals surface area contributed by atoms with Gasteiger partial charge in [-0.25, -0.2) is 4.79 Å². The summed E-state index contributed by atoms with van der Waals surface area (Å²) in [6, 6.07) is 20.6. The minimum atomic E-state index is -0.360. The number of rotatable bonds is 5. The zero-order valence-electron chi connectivity index (χ0n) is 13.9. The highest BCUT2D eigenvalue weighted by molar-refractivity contribution is 5.99. The summed E-state index contributed by atoms with van der Waals surface area (Å²) in [6.45, 7) is 2.72. The molecule has 1 heterocycles. The van der Waals surface area contributed by atoms with Gasteiger partial charge in [-0.05, 0) is 36.8 Å². The van der Waals surface area contributed by atoms with Crippen LogP contribution in [0.25, 0.3) is 0 Å². The lowest BCUT2D eigenvalue weighted by molar-refractivity contribution is 0.262. The van der Waals surface area contributed by atoms with Crippen molar-refractivity contribution >= 4 is 23.4 Å². The number of benzene rings is 2. The monoisotopic (exact) mass is 333 g/mol. The van der Waals surface area contributed by atoms with Gasteiger partial charge in [0.2, 0.25) is 0 Å². The Balaban J connectivity index is 1.51. The van der Waals surface area contributed by atoms with Crippen LogP contribution in [0.1, 0.15) is 11.1 Å². The molecule has 0 bridgehead atoms. The lowest BCUT2D eigenvalue weighted by atomic mass is 10.1. The highest BCUT2D eigenvalue weighted by Gasteiger charge is 2.04. The van der Waals surface area contributed by atoms with Crippen LogP contribution >= 0.6 is 0 Å². The number of amides is 2. The van der Waals surface area contributed by atoms with Gasteiger partial charge in [-0.1, -0.05) is 48.0 Å². The fourth-order valence-electron chi connectivity index (χ4n) is 2.19. The van der Waals surface area contributed by atoms with Gasteiger partial charge in [-0.3, -0.25) is 5.32 Å². The Morgan fingerprint density at radius 1 is 0.840 bits per heavy atom. The van der Waals surface area contributed by atoms with Crippen molar-refractivity contribution in [3.63, 3.8) is 0 Å². The third-order valence-corrected chi connectivity index (χ3v) is 3.53. The Morgan fingerprint density at radius 2 is 1.52 bits per heavy atom. The quantitative estimate of drug-likeness (QED) is 0.658.